The molecule has 154 valence electrons. The van der Waals surface area contributed by atoms with Crippen LogP contribution in [-0.2, 0) is 14.3 Å². The highest BCUT2D eigenvalue weighted by atomic mass is 19.1. The molecule has 0 saturated heterocycles. The van der Waals surface area contributed by atoms with Crippen molar-refractivity contribution in [3.05, 3.63) is 23.8 Å². The van der Waals surface area contributed by atoms with Crippen molar-refractivity contribution < 1.29 is 28.9 Å². The summed E-state index contributed by atoms with van der Waals surface area (Å²) in [5.74, 6) is -2.07. The van der Waals surface area contributed by atoms with E-state index < -0.39 is 46.0 Å². The van der Waals surface area contributed by atoms with E-state index in [1.807, 2.05) is 0 Å². The summed E-state index contributed by atoms with van der Waals surface area (Å²) in [7, 11) is 1.24. The normalized spacial score (nSPS) is 52.4. The Balaban J connectivity index is 1.84. The largest absolute Gasteiger partial charge is 0.467 e. The number of aliphatic hydroxyl groups is 2. The van der Waals surface area contributed by atoms with Crippen molar-refractivity contribution in [3.8, 4) is 0 Å². The number of esters is 1. The first-order chi connectivity index (χ1) is 13.0. The van der Waals surface area contributed by atoms with Gasteiger partial charge in [-0.05, 0) is 56.6 Å². The summed E-state index contributed by atoms with van der Waals surface area (Å²) >= 11 is 0. The quantitative estimate of drug-likeness (QED) is 0.670. The van der Waals surface area contributed by atoms with Crippen LogP contribution in [0.2, 0.25) is 0 Å². The highest BCUT2D eigenvalue weighted by molar-refractivity contribution is 6.01. The highest BCUT2D eigenvalue weighted by Crippen LogP contribution is 2.70. The number of carbonyl (C=O) groups is 2. The summed E-state index contributed by atoms with van der Waals surface area (Å²) in [4.78, 5) is 24.4. The predicted molar refractivity (Wildman–Crippen MR) is 99.9 cm³/mol. The lowest BCUT2D eigenvalue weighted by atomic mass is 9.45. The standard InChI is InChI=1S/C22H29FO5/c1-12-9-16-15-6-5-13-10-14(24)7-8-19(13,2)21(15,23)17(25)11-20(16,3)22(12,27)18(26)28-4/h7-8,10,12,15-17,25,27H,5-6,9,11H2,1-4H3/t12-,15?,16?,17?,19?,20?,21+,22+/m1/s1. The third kappa shape index (κ3) is 1.98. The molecule has 5 nitrogen and oxygen atoms in total. The summed E-state index contributed by atoms with van der Waals surface area (Å²) in [5, 5.41) is 22.6. The zero-order valence-corrected chi connectivity index (χ0v) is 16.9. The molecule has 0 heterocycles. The number of carbonyl (C=O) groups excluding carboxylic acids is 2. The van der Waals surface area contributed by atoms with Gasteiger partial charge in [0.05, 0.1) is 13.2 Å². The van der Waals surface area contributed by atoms with E-state index >= 15 is 4.39 Å². The first kappa shape index (κ1) is 19.8. The van der Waals surface area contributed by atoms with Crippen LogP contribution in [0.3, 0.4) is 0 Å². The molecule has 0 aromatic carbocycles. The first-order valence-electron chi connectivity index (χ1n) is 10.1. The van der Waals surface area contributed by atoms with Gasteiger partial charge in [-0.15, -0.1) is 0 Å². The molecule has 5 unspecified atom stereocenters. The van der Waals surface area contributed by atoms with E-state index in [0.29, 0.717) is 19.3 Å². The zero-order valence-electron chi connectivity index (χ0n) is 16.9. The molecule has 0 aromatic heterocycles. The molecule has 3 fully saturated rings. The van der Waals surface area contributed by atoms with Gasteiger partial charge in [0, 0.05) is 16.7 Å². The minimum absolute atomic E-state index is 0.0364. The van der Waals surface area contributed by atoms with Gasteiger partial charge in [0.1, 0.15) is 0 Å². The monoisotopic (exact) mass is 392 g/mol. The molecule has 0 aromatic rings. The van der Waals surface area contributed by atoms with E-state index in [9.17, 15) is 19.8 Å². The number of methoxy groups -OCH3 is 1. The van der Waals surface area contributed by atoms with Crippen molar-refractivity contribution in [3.63, 3.8) is 0 Å². The van der Waals surface area contributed by atoms with E-state index in [1.165, 1.54) is 19.3 Å². The van der Waals surface area contributed by atoms with Gasteiger partial charge >= 0.3 is 5.97 Å². The molecular formula is C22H29FO5. The molecule has 8 atom stereocenters. The van der Waals surface area contributed by atoms with Crippen LogP contribution in [0.4, 0.5) is 4.39 Å². The van der Waals surface area contributed by atoms with Crippen molar-refractivity contribution >= 4 is 11.8 Å². The van der Waals surface area contributed by atoms with Crippen molar-refractivity contribution in [2.75, 3.05) is 7.11 Å². The number of fused-ring (bicyclic) bond motifs is 5. The molecule has 0 radical (unpaired) electrons. The topological polar surface area (TPSA) is 83.8 Å². The Bertz CT molecular complexity index is 805. The number of hydrogen-bond donors (Lipinski definition) is 2. The maximum atomic E-state index is 16.9. The number of ketones is 1. The van der Waals surface area contributed by atoms with E-state index in [0.717, 1.165) is 5.57 Å². The van der Waals surface area contributed by atoms with Crippen LogP contribution in [0.5, 0.6) is 0 Å². The van der Waals surface area contributed by atoms with Crippen LogP contribution in [-0.4, -0.2) is 46.4 Å². The van der Waals surface area contributed by atoms with Crippen LogP contribution in [0.25, 0.3) is 0 Å². The molecule has 0 amide bonds. The number of alkyl halides is 1. The van der Waals surface area contributed by atoms with E-state index in [4.69, 9.17) is 4.74 Å². The smallest absolute Gasteiger partial charge is 0.338 e. The van der Waals surface area contributed by atoms with Gasteiger partial charge in [-0.3, -0.25) is 4.79 Å². The molecule has 2 N–H and O–H groups in total. The van der Waals surface area contributed by atoms with Gasteiger partial charge in [-0.1, -0.05) is 25.5 Å². The van der Waals surface area contributed by atoms with Crippen LogP contribution in [0, 0.1) is 28.6 Å². The molecule has 3 saturated carbocycles. The Morgan fingerprint density at radius 1 is 1.32 bits per heavy atom. The number of halogens is 1. The average Bonchev–Trinajstić information content (AvgIpc) is 2.84. The molecular weight excluding hydrogens is 363 g/mol. The fraction of sp³-hybridized carbons (Fsp3) is 0.727. The van der Waals surface area contributed by atoms with Gasteiger partial charge in [-0.25, -0.2) is 9.18 Å². The Morgan fingerprint density at radius 3 is 2.64 bits per heavy atom. The summed E-state index contributed by atoms with van der Waals surface area (Å²) in [6.45, 7) is 5.33. The third-order valence-electron chi connectivity index (χ3n) is 8.72. The fourth-order valence-corrected chi connectivity index (χ4v) is 7.14. The second kappa shape index (κ2) is 5.76. The molecule has 0 bridgehead atoms. The van der Waals surface area contributed by atoms with Gasteiger partial charge in [0.15, 0.2) is 17.1 Å². The maximum Gasteiger partial charge on any atom is 0.338 e. The van der Waals surface area contributed by atoms with E-state index in [2.05, 4.69) is 0 Å². The molecule has 0 aliphatic heterocycles. The minimum Gasteiger partial charge on any atom is -0.467 e. The van der Waals surface area contributed by atoms with Crippen LogP contribution < -0.4 is 0 Å². The van der Waals surface area contributed by atoms with E-state index in [-0.39, 0.29) is 18.1 Å². The molecule has 4 aliphatic rings. The summed E-state index contributed by atoms with van der Waals surface area (Å²) in [6.07, 6.45) is 4.61. The summed E-state index contributed by atoms with van der Waals surface area (Å²) in [6, 6.07) is 0. The average molecular weight is 392 g/mol. The van der Waals surface area contributed by atoms with Crippen LogP contribution >= 0.6 is 0 Å². The summed E-state index contributed by atoms with van der Waals surface area (Å²) in [5.41, 5.74) is -5.05. The Morgan fingerprint density at radius 2 is 2.00 bits per heavy atom. The molecule has 4 rings (SSSR count). The minimum atomic E-state index is -1.96. The zero-order chi connectivity index (χ0) is 20.7. The lowest BCUT2D eigenvalue weighted by Gasteiger charge is -2.62. The number of aliphatic hydroxyl groups excluding tert-OH is 1. The second-order valence-corrected chi connectivity index (χ2v) is 9.66. The first-order valence-corrected chi connectivity index (χ1v) is 10.1. The molecule has 4 aliphatic carbocycles. The Hall–Kier alpha value is -1.53. The fourth-order valence-electron chi connectivity index (χ4n) is 7.14. The van der Waals surface area contributed by atoms with Gasteiger partial charge in [0.25, 0.3) is 0 Å². The maximum absolute atomic E-state index is 16.9. The number of ether oxygens (including phenoxy) is 1. The van der Waals surface area contributed by atoms with E-state index in [1.54, 1.807) is 26.8 Å². The molecule has 6 heteroatoms. The number of allylic oxidation sites excluding steroid dienone is 4. The Labute approximate surface area is 164 Å². The van der Waals surface area contributed by atoms with Gasteiger partial charge < -0.3 is 14.9 Å². The van der Waals surface area contributed by atoms with Crippen molar-refractivity contribution in [1.82, 2.24) is 0 Å². The number of hydrogen-bond acceptors (Lipinski definition) is 5. The highest BCUT2D eigenvalue weighted by Gasteiger charge is 2.76. The van der Waals surface area contributed by atoms with Gasteiger partial charge in [0.2, 0.25) is 0 Å². The van der Waals surface area contributed by atoms with Crippen molar-refractivity contribution in [2.45, 2.75) is 63.8 Å². The lowest BCUT2D eigenvalue weighted by molar-refractivity contribution is -0.226. The number of rotatable bonds is 1. The SMILES string of the molecule is COC(=O)[C@@]1(O)[C@H](C)CC2C3CCC4=CC(=O)C=CC4(C)[C@@]3(F)C(O)CC21C. The van der Waals surface area contributed by atoms with Gasteiger partial charge in [-0.2, -0.15) is 0 Å². The Kier molecular flexibility index (Phi) is 4.07. The van der Waals surface area contributed by atoms with Crippen molar-refractivity contribution in [2.24, 2.45) is 28.6 Å². The van der Waals surface area contributed by atoms with Crippen LogP contribution in [0.1, 0.15) is 46.5 Å². The third-order valence-corrected chi connectivity index (χ3v) is 8.72. The lowest BCUT2D eigenvalue weighted by Crippen LogP contribution is -2.69. The second-order valence-electron chi connectivity index (χ2n) is 9.66. The summed E-state index contributed by atoms with van der Waals surface area (Å²) < 4.78 is 21.8. The van der Waals surface area contributed by atoms with Crippen LogP contribution in [0.15, 0.2) is 23.8 Å². The molecule has 0 spiro atoms. The molecule has 28 heavy (non-hydrogen) atoms. The van der Waals surface area contributed by atoms with Crippen molar-refractivity contribution in [1.29, 1.82) is 0 Å². The predicted octanol–water partition coefficient (Wildman–Crippen LogP) is 2.51.